The van der Waals surface area contributed by atoms with Crippen LogP contribution in [-0.2, 0) is 0 Å². The van der Waals surface area contributed by atoms with E-state index < -0.39 is 0 Å². The molecule has 0 bridgehead atoms. The van der Waals surface area contributed by atoms with Gasteiger partial charge in [-0.25, -0.2) is 0 Å². The summed E-state index contributed by atoms with van der Waals surface area (Å²) in [6.45, 7) is 2.77. The van der Waals surface area contributed by atoms with Crippen molar-refractivity contribution in [1.29, 1.82) is 0 Å². The molecule has 0 saturated carbocycles. The van der Waals surface area contributed by atoms with Gasteiger partial charge in [-0.05, 0) is 5.56 Å². The first-order valence-electron chi connectivity index (χ1n) is 5.44. The van der Waals surface area contributed by atoms with Gasteiger partial charge in [-0.2, -0.15) is 0 Å². The molecule has 1 unspecified atom stereocenters. The van der Waals surface area contributed by atoms with E-state index in [1.54, 1.807) is 23.9 Å². The summed E-state index contributed by atoms with van der Waals surface area (Å²) in [5.41, 5.74) is 1.18. The van der Waals surface area contributed by atoms with Crippen LogP contribution in [0.4, 0.5) is 5.69 Å². The minimum Gasteiger partial charge on any atom is -0.348 e. The normalized spacial score (nSPS) is 22.5. The van der Waals surface area contributed by atoms with E-state index in [-0.39, 0.29) is 15.9 Å². The van der Waals surface area contributed by atoms with Gasteiger partial charge in [0.25, 0.3) is 5.69 Å². The summed E-state index contributed by atoms with van der Waals surface area (Å²) in [6.07, 6.45) is 0. The number of nitro groups is 1. The minimum absolute atomic E-state index is 0.164. The fourth-order valence-electron chi connectivity index (χ4n) is 2.12. The van der Waals surface area contributed by atoms with Crippen LogP contribution in [0, 0.1) is 10.1 Å². The zero-order chi connectivity index (χ0) is 11.8. The number of aliphatic imine (C=N–C) groups is 1. The van der Waals surface area contributed by atoms with Crippen molar-refractivity contribution in [1.82, 2.24) is 4.90 Å². The summed E-state index contributed by atoms with van der Waals surface area (Å²) in [5.74, 6) is 0. The summed E-state index contributed by atoms with van der Waals surface area (Å²) in [5, 5.41) is 12.1. The first kappa shape index (κ1) is 10.6. The van der Waals surface area contributed by atoms with Crippen molar-refractivity contribution < 1.29 is 4.92 Å². The van der Waals surface area contributed by atoms with Gasteiger partial charge in [0.2, 0.25) is 0 Å². The van der Waals surface area contributed by atoms with Crippen LogP contribution in [-0.4, -0.2) is 34.6 Å². The Balaban J connectivity index is 1.85. The maximum Gasteiger partial charge on any atom is 0.269 e. The Morgan fingerprint density at radius 1 is 1.53 bits per heavy atom. The van der Waals surface area contributed by atoms with Crippen LogP contribution >= 0.6 is 11.8 Å². The number of rotatable bonds is 2. The fraction of sp³-hybridized carbons (Fsp3) is 0.364. The molecule has 2 aliphatic heterocycles. The molecular weight excluding hydrogens is 238 g/mol. The monoisotopic (exact) mass is 249 g/mol. The van der Waals surface area contributed by atoms with Crippen molar-refractivity contribution in [2.75, 3.05) is 19.6 Å². The Kier molecular flexibility index (Phi) is 2.51. The van der Waals surface area contributed by atoms with Crippen molar-refractivity contribution in [3.8, 4) is 0 Å². The number of hydrogen-bond acceptors (Lipinski definition) is 5. The second kappa shape index (κ2) is 4.03. The van der Waals surface area contributed by atoms with Gasteiger partial charge < -0.3 is 4.90 Å². The summed E-state index contributed by atoms with van der Waals surface area (Å²) in [6, 6.07) is 6.90. The van der Waals surface area contributed by atoms with Crippen LogP contribution in [0.15, 0.2) is 29.3 Å². The van der Waals surface area contributed by atoms with E-state index in [1.165, 1.54) is 6.07 Å². The lowest BCUT2D eigenvalue weighted by Gasteiger charge is -2.11. The summed E-state index contributed by atoms with van der Waals surface area (Å²) < 4.78 is 0. The van der Waals surface area contributed by atoms with E-state index in [1.807, 2.05) is 6.07 Å². The highest BCUT2D eigenvalue weighted by molar-refractivity contribution is 8.14. The predicted octanol–water partition coefficient (Wildman–Crippen LogP) is 2.05. The predicted molar refractivity (Wildman–Crippen MR) is 67.3 cm³/mol. The molecule has 6 heteroatoms. The molecule has 1 aromatic rings. The second-order valence-electron chi connectivity index (χ2n) is 4.07. The molecule has 0 aromatic heterocycles. The van der Waals surface area contributed by atoms with E-state index in [2.05, 4.69) is 9.89 Å². The number of non-ortho nitro benzene ring substituents is 1. The third-order valence-corrected chi connectivity index (χ3v) is 4.28. The van der Waals surface area contributed by atoms with Crippen LogP contribution in [0.5, 0.6) is 0 Å². The van der Waals surface area contributed by atoms with Gasteiger partial charge in [-0.3, -0.25) is 15.1 Å². The van der Waals surface area contributed by atoms with Gasteiger partial charge in [0, 0.05) is 25.2 Å². The number of benzene rings is 1. The van der Waals surface area contributed by atoms with Crippen molar-refractivity contribution in [3.63, 3.8) is 0 Å². The minimum atomic E-state index is -0.345. The second-order valence-corrected chi connectivity index (χ2v) is 5.24. The van der Waals surface area contributed by atoms with Crippen LogP contribution in [0.2, 0.25) is 0 Å². The van der Waals surface area contributed by atoms with Crippen LogP contribution in [0.1, 0.15) is 10.8 Å². The molecule has 1 atom stereocenters. The zero-order valence-electron chi connectivity index (χ0n) is 9.07. The fourth-order valence-corrected chi connectivity index (χ4v) is 3.39. The highest BCUT2D eigenvalue weighted by Gasteiger charge is 2.32. The standard InChI is InChI=1S/C11H11N3O2S/c15-14(16)9-3-1-2-8(6-9)10-7-13-5-4-12-11(13)17-10/h1-3,6,10H,4-5,7H2. The van der Waals surface area contributed by atoms with E-state index >= 15 is 0 Å². The first-order chi connectivity index (χ1) is 8.24. The summed E-state index contributed by atoms with van der Waals surface area (Å²) in [7, 11) is 0. The molecule has 0 amide bonds. The van der Waals surface area contributed by atoms with Gasteiger partial charge in [0.05, 0.1) is 16.7 Å². The Morgan fingerprint density at radius 3 is 3.18 bits per heavy atom. The molecule has 1 aromatic carbocycles. The average Bonchev–Trinajstić information content (AvgIpc) is 2.89. The highest BCUT2D eigenvalue weighted by atomic mass is 32.2. The molecular formula is C11H11N3O2S. The van der Waals surface area contributed by atoms with Gasteiger partial charge in [-0.15, -0.1) is 0 Å². The van der Waals surface area contributed by atoms with Crippen molar-refractivity contribution in [2.45, 2.75) is 5.25 Å². The van der Waals surface area contributed by atoms with Gasteiger partial charge in [0.15, 0.2) is 5.17 Å². The van der Waals surface area contributed by atoms with Crippen molar-refractivity contribution in [2.24, 2.45) is 4.99 Å². The molecule has 88 valence electrons. The molecule has 2 aliphatic rings. The number of nitrogens with zero attached hydrogens (tertiary/aromatic N) is 3. The van der Waals surface area contributed by atoms with Crippen LogP contribution in [0.25, 0.3) is 0 Å². The maximum absolute atomic E-state index is 10.7. The number of amidine groups is 1. The first-order valence-corrected chi connectivity index (χ1v) is 6.32. The topological polar surface area (TPSA) is 58.7 Å². The number of nitro benzene ring substituents is 1. The van der Waals surface area contributed by atoms with Gasteiger partial charge >= 0.3 is 0 Å². The summed E-state index contributed by atoms with van der Waals surface area (Å²) >= 11 is 1.71. The van der Waals surface area contributed by atoms with Crippen molar-refractivity contribution in [3.05, 3.63) is 39.9 Å². The largest absolute Gasteiger partial charge is 0.348 e. The maximum atomic E-state index is 10.7. The van der Waals surface area contributed by atoms with E-state index in [9.17, 15) is 10.1 Å². The molecule has 0 radical (unpaired) electrons. The summed E-state index contributed by atoms with van der Waals surface area (Å²) in [4.78, 5) is 17.0. The van der Waals surface area contributed by atoms with Crippen LogP contribution in [0.3, 0.4) is 0 Å². The molecule has 17 heavy (non-hydrogen) atoms. The third-order valence-electron chi connectivity index (χ3n) is 2.97. The zero-order valence-corrected chi connectivity index (χ0v) is 9.89. The van der Waals surface area contributed by atoms with Crippen LogP contribution < -0.4 is 0 Å². The molecule has 5 nitrogen and oxygen atoms in total. The number of thioether (sulfide) groups is 1. The van der Waals surface area contributed by atoms with E-state index in [0.29, 0.717) is 0 Å². The van der Waals surface area contributed by atoms with E-state index in [4.69, 9.17) is 0 Å². The van der Waals surface area contributed by atoms with Gasteiger partial charge in [0.1, 0.15) is 0 Å². The Morgan fingerprint density at radius 2 is 2.41 bits per heavy atom. The molecule has 2 heterocycles. The molecule has 0 aliphatic carbocycles. The molecule has 0 spiro atoms. The number of fused-ring (bicyclic) bond motifs is 1. The lowest BCUT2D eigenvalue weighted by molar-refractivity contribution is -0.384. The Labute approximate surface area is 103 Å². The highest BCUT2D eigenvalue weighted by Crippen LogP contribution is 2.40. The Hall–Kier alpha value is -1.56. The Bertz CT molecular complexity index is 503. The molecule has 0 N–H and O–H groups in total. The lowest BCUT2D eigenvalue weighted by Crippen LogP contribution is -2.21. The van der Waals surface area contributed by atoms with Gasteiger partial charge in [-0.1, -0.05) is 23.9 Å². The van der Waals surface area contributed by atoms with Crippen molar-refractivity contribution >= 4 is 22.6 Å². The quantitative estimate of drug-likeness (QED) is 0.594. The third kappa shape index (κ3) is 1.88. The SMILES string of the molecule is O=[N+]([O-])c1cccc(C2CN3CCN=C3S2)c1. The molecule has 1 fully saturated rings. The number of hydrogen-bond donors (Lipinski definition) is 0. The lowest BCUT2D eigenvalue weighted by atomic mass is 10.1. The smallest absolute Gasteiger partial charge is 0.269 e. The average molecular weight is 249 g/mol. The molecule has 1 saturated heterocycles. The van der Waals surface area contributed by atoms with E-state index in [0.717, 1.165) is 30.4 Å². The molecule has 3 rings (SSSR count).